The Kier molecular flexibility index (Phi) is 2.70. The van der Waals surface area contributed by atoms with Gasteiger partial charge < -0.3 is 10.0 Å². The number of halogens is 1. The van der Waals surface area contributed by atoms with Crippen LogP contribution in [0.4, 0.5) is 0 Å². The highest BCUT2D eigenvalue weighted by Crippen LogP contribution is 1.99. The largest absolute Gasteiger partial charge is 0.489 e. The highest BCUT2D eigenvalue weighted by molar-refractivity contribution is 14.1. The molecule has 0 saturated heterocycles. The van der Waals surface area contributed by atoms with Crippen molar-refractivity contribution in [2.45, 2.75) is 0 Å². The van der Waals surface area contributed by atoms with Gasteiger partial charge in [-0.2, -0.15) is 0 Å². The van der Waals surface area contributed by atoms with E-state index in [-0.39, 0.29) is 0 Å². The summed E-state index contributed by atoms with van der Waals surface area (Å²) in [6, 6.07) is 7.15. The second-order valence-electron chi connectivity index (χ2n) is 1.90. The molecule has 52 valence electrons. The van der Waals surface area contributed by atoms with E-state index in [1.165, 1.54) is 0 Å². The Morgan fingerprint density at radius 3 is 2.20 bits per heavy atom. The van der Waals surface area contributed by atoms with E-state index in [2.05, 4.69) is 22.6 Å². The van der Waals surface area contributed by atoms with Crippen molar-refractivity contribution < 1.29 is 10.0 Å². The predicted octanol–water partition coefficient (Wildman–Crippen LogP) is -0.0290. The van der Waals surface area contributed by atoms with Crippen LogP contribution in [0, 0.1) is 3.57 Å². The summed E-state index contributed by atoms with van der Waals surface area (Å²) in [5, 5.41) is 17.5. The maximum Gasteiger partial charge on any atom is 0.489 e. The van der Waals surface area contributed by atoms with E-state index in [1.807, 2.05) is 12.1 Å². The lowest BCUT2D eigenvalue weighted by Gasteiger charge is -1.99. The van der Waals surface area contributed by atoms with E-state index in [4.69, 9.17) is 10.0 Å². The van der Waals surface area contributed by atoms with Crippen molar-refractivity contribution in [3.63, 3.8) is 0 Å². The standard InChI is InChI=1S/C6H6BIO2/c8-6-4-2-1-3-5(6)7(9)10/h1-4,9-10H. The average molecular weight is 248 g/mol. The fourth-order valence-corrected chi connectivity index (χ4v) is 1.35. The second kappa shape index (κ2) is 3.36. The van der Waals surface area contributed by atoms with Gasteiger partial charge in [-0.1, -0.05) is 18.2 Å². The Bertz CT molecular complexity index is 227. The summed E-state index contributed by atoms with van der Waals surface area (Å²) < 4.78 is 0.870. The van der Waals surface area contributed by atoms with Crippen LogP contribution in [0.3, 0.4) is 0 Å². The minimum Gasteiger partial charge on any atom is -0.423 e. The Balaban J connectivity index is 3.03. The first-order valence-corrected chi connectivity index (χ1v) is 3.90. The Labute approximate surface area is 73.2 Å². The lowest BCUT2D eigenvalue weighted by Crippen LogP contribution is -2.31. The summed E-state index contributed by atoms with van der Waals surface area (Å²) in [6.07, 6.45) is 0. The molecule has 0 fully saturated rings. The van der Waals surface area contributed by atoms with Gasteiger partial charge in [-0.05, 0) is 34.1 Å². The Morgan fingerprint density at radius 1 is 1.20 bits per heavy atom. The van der Waals surface area contributed by atoms with Crippen LogP contribution in [0.1, 0.15) is 0 Å². The third-order valence-corrected chi connectivity index (χ3v) is 2.17. The minimum atomic E-state index is -1.35. The quantitative estimate of drug-likeness (QED) is 0.541. The van der Waals surface area contributed by atoms with Crippen molar-refractivity contribution in [2.24, 2.45) is 0 Å². The maximum absolute atomic E-state index is 8.76. The average Bonchev–Trinajstić information content (AvgIpc) is 1.88. The fraction of sp³-hybridized carbons (Fsp3) is 0. The van der Waals surface area contributed by atoms with Crippen molar-refractivity contribution in [1.82, 2.24) is 0 Å². The molecule has 0 aliphatic heterocycles. The normalized spacial score (nSPS) is 9.50. The fourth-order valence-electron chi connectivity index (χ4n) is 0.684. The topological polar surface area (TPSA) is 40.5 Å². The SMILES string of the molecule is OB(O)c1ccccc1I. The van der Waals surface area contributed by atoms with Gasteiger partial charge in [0, 0.05) is 3.57 Å². The van der Waals surface area contributed by atoms with E-state index in [1.54, 1.807) is 12.1 Å². The van der Waals surface area contributed by atoms with Gasteiger partial charge in [-0.25, -0.2) is 0 Å². The highest BCUT2D eigenvalue weighted by Gasteiger charge is 2.12. The summed E-state index contributed by atoms with van der Waals surface area (Å²) in [6.45, 7) is 0. The first-order chi connectivity index (χ1) is 4.72. The first-order valence-electron chi connectivity index (χ1n) is 2.82. The zero-order valence-corrected chi connectivity index (χ0v) is 7.32. The second-order valence-corrected chi connectivity index (χ2v) is 3.06. The van der Waals surface area contributed by atoms with Crippen molar-refractivity contribution in [2.75, 3.05) is 0 Å². The van der Waals surface area contributed by atoms with Crippen LogP contribution in [0.5, 0.6) is 0 Å². The molecule has 10 heavy (non-hydrogen) atoms. The molecular formula is C6H6BIO2. The van der Waals surface area contributed by atoms with Crippen molar-refractivity contribution in [1.29, 1.82) is 0 Å². The van der Waals surface area contributed by atoms with Gasteiger partial charge >= 0.3 is 7.12 Å². The smallest absolute Gasteiger partial charge is 0.423 e. The molecule has 2 N–H and O–H groups in total. The van der Waals surface area contributed by atoms with Crippen molar-refractivity contribution in [3.05, 3.63) is 27.8 Å². The van der Waals surface area contributed by atoms with Crippen LogP contribution in [0.25, 0.3) is 0 Å². The third kappa shape index (κ3) is 1.71. The third-order valence-electron chi connectivity index (χ3n) is 1.18. The van der Waals surface area contributed by atoms with E-state index in [0.717, 1.165) is 3.57 Å². The van der Waals surface area contributed by atoms with Crippen LogP contribution in [0.15, 0.2) is 24.3 Å². The molecule has 2 nitrogen and oxygen atoms in total. The zero-order valence-electron chi connectivity index (χ0n) is 5.16. The zero-order chi connectivity index (χ0) is 7.56. The summed E-state index contributed by atoms with van der Waals surface area (Å²) in [4.78, 5) is 0. The molecule has 1 rings (SSSR count). The molecule has 0 aliphatic rings. The highest BCUT2D eigenvalue weighted by atomic mass is 127. The van der Waals surface area contributed by atoms with Gasteiger partial charge in [0.1, 0.15) is 0 Å². The van der Waals surface area contributed by atoms with E-state index in [0.29, 0.717) is 5.46 Å². The van der Waals surface area contributed by atoms with Crippen molar-refractivity contribution in [3.8, 4) is 0 Å². The molecule has 0 aromatic heterocycles. The molecule has 0 atom stereocenters. The monoisotopic (exact) mass is 248 g/mol. The van der Waals surface area contributed by atoms with Gasteiger partial charge in [0.05, 0.1) is 0 Å². The number of hydrogen-bond donors (Lipinski definition) is 2. The molecular weight excluding hydrogens is 242 g/mol. The summed E-state index contributed by atoms with van der Waals surface area (Å²) in [5.41, 5.74) is 0.558. The molecule has 0 saturated carbocycles. The molecule has 0 bridgehead atoms. The summed E-state index contributed by atoms with van der Waals surface area (Å²) in [7, 11) is -1.35. The Hall–Kier alpha value is -0.0651. The van der Waals surface area contributed by atoms with Gasteiger partial charge in [0.2, 0.25) is 0 Å². The molecule has 0 radical (unpaired) electrons. The molecule has 0 aliphatic carbocycles. The summed E-state index contributed by atoms with van der Waals surface area (Å²) >= 11 is 2.06. The number of rotatable bonds is 1. The van der Waals surface area contributed by atoms with Gasteiger partial charge in [0.25, 0.3) is 0 Å². The molecule has 4 heteroatoms. The van der Waals surface area contributed by atoms with Crippen LogP contribution in [-0.2, 0) is 0 Å². The predicted molar refractivity (Wildman–Crippen MR) is 49.0 cm³/mol. The summed E-state index contributed by atoms with van der Waals surface area (Å²) in [5.74, 6) is 0. The molecule has 0 unspecified atom stereocenters. The molecule has 1 aromatic carbocycles. The van der Waals surface area contributed by atoms with Crippen LogP contribution >= 0.6 is 22.6 Å². The van der Waals surface area contributed by atoms with Crippen LogP contribution in [0.2, 0.25) is 0 Å². The lowest BCUT2D eigenvalue weighted by molar-refractivity contribution is 0.425. The van der Waals surface area contributed by atoms with Crippen molar-refractivity contribution >= 4 is 35.2 Å². The Morgan fingerprint density at radius 2 is 1.80 bits per heavy atom. The lowest BCUT2D eigenvalue weighted by atomic mass is 9.81. The molecule has 0 heterocycles. The van der Waals surface area contributed by atoms with E-state index < -0.39 is 7.12 Å². The van der Waals surface area contributed by atoms with E-state index in [9.17, 15) is 0 Å². The number of benzene rings is 1. The molecule has 1 aromatic rings. The number of hydrogen-bond acceptors (Lipinski definition) is 2. The van der Waals surface area contributed by atoms with Crippen LogP contribution in [-0.4, -0.2) is 17.2 Å². The molecule has 0 spiro atoms. The molecule has 0 amide bonds. The van der Waals surface area contributed by atoms with E-state index >= 15 is 0 Å². The first kappa shape index (κ1) is 8.04. The minimum absolute atomic E-state index is 0.558. The maximum atomic E-state index is 8.76. The van der Waals surface area contributed by atoms with Gasteiger partial charge in [-0.15, -0.1) is 0 Å². The van der Waals surface area contributed by atoms with Crippen LogP contribution < -0.4 is 5.46 Å². The van der Waals surface area contributed by atoms with Gasteiger partial charge in [-0.3, -0.25) is 0 Å². The van der Waals surface area contributed by atoms with Gasteiger partial charge in [0.15, 0.2) is 0 Å².